The normalized spacial score (nSPS) is 17.5. The van der Waals surface area contributed by atoms with Gasteiger partial charge < -0.3 is 14.0 Å². The maximum atomic E-state index is 13.1. The maximum absolute atomic E-state index is 13.1. The average molecular weight is 574 g/mol. The van der Waals surface area contributed by atoms with Gasteiger partial charge in [0.05, 0.1) is 10.5 Å². The molecule has 7 nitrogen and oxygen atoms in total. The molecular formula is C27H22F3N3O4S2. The summed E-state index contributed by atoms with van der Waals surface area (Å²) >= 11 is 1.23. The third kappa shape index (κ3) is 6.28. The SMILES string of the molecule is O=C1N=C(N2CCN(c3cccc(C(F)(F)F)c3)CC2)S/C1=C\c1ccc(OS(=O)(=O)c2ccccc2)cc1. The molecule has 0 radical (unpaired) electrons. The molecule has 0 unspecified atom stereocenters. The van der Waals surface area contributed by atoms with Crippen LogP contribution in [-0.4, -0.2) is 50.6 Å². The van der Waals surface area contributed by atoms with E-state index in [1.54, 1.807) is 42.5 Å². The summed E-state index contributed by atoms with van der Waals surface area (Å²) in [7, 11) is -3.96. The van der Waals surface area contributed by atoms with Crippen LogP contribution in [0, 0.1) is 0 Å². The molecule has 12 heteroatoms. The Morgan fingerprint density at radius 3 is 2.21 bits per heavy atom. The Balaban J connectivity index is 1.19. The first-order valence-electron chi connectivity index (χ1n) is 11.9. The number of hydrogen-bond donors (Lipinski definition) is 0. The summed E-state index contributed by atoms with van der Waals surface area (Å²) in [6.07, 6.45) is -2.73. The van der Waals surface area contributed by atoms with Gasteiger partial charge in [0.1, 0.15) is 10.6 Å². The number of alkyl halides is 3. The van der Waals surface area contributed by atoms with Crippen LogP contribution in [0.25, 0.3) is 6.08 Å². The quantitative estimate of drug-likeness (QED) is 0.304. The molecule has 0 aromatic heterocycles. The number of nitrogens with zero attached hydrogens (tertiary/aromatic N) is 3. The summed E-state index contributed by atoms with van der Waals surface area (Å²) in [5.74, 6) is -0.246. The van der Waals surface area contributed by atoms with Crippen LogP contribution in [0.15, 0.2) is 93.7 Å². The van der Waals surface area contributed by atoms with Gasteiger partial charge in [0.2, 0.25) is 0 Å². The molecule has 39 heavy (non-hydrogen) atoms. The second-order valence-electron chi connectivity index (χ2n) is 8.75. The van der Waals surface area contributed by atoms with Gasteiger partial charge in [-0.2, -0.15) is 26.6 Å². The molecule has 1 saturated heterocycles. The number of carbonyl (C=O) groups is 1. The van der Waals surface area contributed by atoms with Crippen LogP contribution in [0.2, 0.25) is 0 Å². The van der Waals surface area contributed by atoms with E-state index < -0.39 is 21.9 Å². The highest BCUT2D eigenvalue weighted by Crippen LogP contribution is 2.34. The van der Waals surface area contributed by atoms with Gasteiger partial charge in [0, 0.05) is 31.9 Å². The number of rotatable bonds is 5. The van der Waals surface area contributed by atoms with E-state index >= 15 is 0 Å². The number of anilines is 1. The molecule has 202 valence electrons. The Morgan fingerprint density at radius 2 is 1.54 bits per heavy atom. The molecule has 0 spiro atoms. The van der Waals surface area contributed by atoms with E-state index in [9.17, 15) is 26.4 Å². The minimum atomic E-state index is -4.40. The van der Waals surface area contributed by atoms with Crippen molar-refractivity contribution in [2.45, 2.75) is 11.1 Å². The van der Waals surface area contributed by atoms with Crippen LogP contribution in [-0.2, 0) is 21.1 Å². The van der Waals surface area contributed by atoms with Crippen molar-refractivity contribution in [1.29, 1.82) is 0 Å². The van der Waals surface area contributed by atoms with Crippen LogP contribution >= 0.6 is 11.8 Å². The summed E-state index contributed by atoms with van der Waals surface area (Å²) in [6, 6.07) is 19.4. The highest BCUT2D eigenvalue weighted by molar-refractivity contribution is 8.18. The molecule has 0 atom stereocenters. The number of aliphatic imine (C=N–C) groups is 1. The van der Waals surface area contributed by atoms with Gasteiger partial charge in [-0.05, 0) is 65.9 Å². The highest BCUT2D eigenvalue weighted by Gasteiger charge is 2.32. The van der Waals surface area contributed by atoms with Gasteiger partial charge in [-0.1, -0.05) is 36.4 Å². The number of carbonyl (C=O) groups excluding carboxylic acids is 1. The fourth-order valence-electron chi connectivity index (χ4n) is 4.10. The van der Waals surface area contributed by atoms with E-state index in [0.29, 0.717) is 47.5 Å². The molecule has 2 heterocycles. The zero-order valence-corrected chi connectivity index (χ0v) is 22.0. The summed E-state index contributed by atoms with van der Waals surface area (Å²) in [5.41, 5.74) is 0.489. The van der Waals surface area contributed by atoms with E-state index in [1.165, 1.54) is 42.1 Å². The van der Waals surface area contributed by atoms with Crippen LogP contribution in [0.3, 0.4) is 0 Å². The third-order valence-electron chi connectivity index (χ3n) is 6.11. The van der Waals surface area contributed by atoms with E-state index in [1.807, 2.05) is 9.80 Å². The Bertz CT molecular complexity index is 1530. The second kappa shape index (κ2) is 10.8. The third-order valence-corrected chi connectivity index (χ3v) is 8.42. The summed E-state index contributed by atoms with van der Waals surface area (Å²) in [5, 5.41) is 0.545. The van der Waals surface area contributed by atoms with Gasteiger partial charge in [0.15, 0.2) is 5.17 Å². The summed E-state index contributed by atoms with van der Waals surface area (Å²) in [4.78, 5) is 21.0. The van der Waals surface area contributed by atoms with E-state index in [2.05, 4.69) is 4.99 Å². The molecule has 1 fully saturated rings. The van der Waals surface area contributed by atoms with Crippen molar-refractivity contribution in [1.82, 2.24) is 4.90 Å². The molecule has 2 aliphatic rings. The topological polar surface area (TPSA) is 79.3 Å². The second-order valence-corrected chi connectivity index (χ2v) is 11.3. The monoisotopic (exact) mass is 573 g/mol. The van der Waals surface area contributed by atoms with Crippen molar-refractivity contribution in [2.24, 2.45) is 4.99 Å². The van der Waals surface area contributed by atoms with Crippen molar-refractivity contribution in [3.8, 4) is 5.75 Å². The predicted molar refractivity (Wildman–Crippen MR) is 144 cm³/mol. The van der Waals surface area contributed by atoms with Crippen LogP contribution in [0.5, 0.6) is 5.75 Å². The minimum absolute atomic E-state index is 0.0458. The fraction of sp³-hybridized carbons (Fsp3) is 0.185. The van der Waals surface area contributed by atoms with Crippen molar-refractivity contribution in [3.05, 3.63) is 94.9 Å². The number of amidine groups is 1. The maximum Gasteiger partial charge on any atom is 0.416 e. The first-order chi connectivity index (χ1) is 18.6. The van der Waals surface area contributed by atoms with Crippen LogP contribution in [0.1, 0.15) is 11.1 Å². The minimum Gasteiger partial charge on any atom is -0.379 e. The molecule has 2 aliphatic heterocycles. The number of piperazine rings is 1. The summed E-state index contributed by atoms with van der Waals surface area (Å²) < 4.78 is 69.2. The van der Waals surface area contributed by atoms with Crippen molar-refractivity contribution in [2.75, 3.05) is 31.1 Å². The Morgan fingerprint density at radius 1 is 0.872 bits per heavy atom. The number of amides is 1. The molecule has 3 aromatic carbocycles. The van der Waals surface area contributed by atoms with Gasteiger partial charge in [-0.25, -0.2) is 0 Å². The Labute approximate surface area is 227 Å². The number of thioether (sulfide) groups is 1. The highest BCUT2D eigenvalue weighted by atomic mass is 32.2. The standard InChI is InChI=1S/C27H22F3N3O4S2/c28-27(29,30)20-5-4-6-21(18-20)32-13-15-33(16-14-32)26-31-25(34)24(38-26)17-19-9-11-22(12-10-19)37-39(35,36)23-7-2-1-3-8-23/h1-12,17-18H,13-16H2/b24-17-. The predicted octanol–water partition coefficient (Wildman–Crippen LogP) is 5.27. The lowest BCUT2D eigenvalue weighted by Crippen LogP contribution is -2.47. The largest absolute Gasteiger partial charge is 0.416 e. The Hall–Kier alpha value is -3.77. The zero-order chi connectivity index (χ0) is 27.6. The molecular weight excluding hydrogens is 551 g/mol. The molecule has 0 N–H and O–H groups in total. The van der Waals surface area contributed by atoms with Gasteiger partial charge in [-0.15, -0.1) is 0 Å². The molecule has 1 amide bonds. The molecule has 0 saturated carbocycles. The first-order valence-corrected chi connectivity index (χ1v) is 14.1. The van der Waals surface area contributed by atoms with E-state index in [0.717, 1.165) is 12.1 Å². The van der Waals surface area contributed by atoms with Crippen molar-refractivity contribution < 1.29 is 30.6 Å². The van der Waals surface area contributed by atoms with Crippen molar-refractivity contribution >= 4 is 44.7 Å². The number of halogens is 3. The van der Waals surface area contributed by atoms with Crippen LogP contribution in [0.4, 0.5) is 18.9 Å². The van der Waals surface area contributed by atoms with Gasteiger partial charge in [-0.3, -0.25) is 4.79 Å². The first kappa shape index (κ1) is 26.8. The fourth-order valence-corrected chi connectivity index (χ4v) is 6.02. The van der Waals surface area contributed by atoms with Gasteiger partial charge >= 0.3 is 16.3 Å². The summed E-state index contributed by atoms with van der Waals surface area (Å²) in [6.45, 7) is 1.98. The molecule has 0 aliphatic carbocycles. The number of hydrogen-bond acceptors (Lipinski definition) is 7. The lowest BCUT2D eigenvalue weighted by molar-refractivity contribution is -0.137. The van der Waals surface area contributed by atoms with Crippen LogP contribution < -0.4 is 9.08 Å². The lowest BCUT2D eigenvalue weighted by atomic mass is 10.1. The van der Waals surface area contributed by atoms with E-state index in [-0.39, 0.29) is 16.6 Å². The lowest BCUT2D eigenvalue weighted by Gasteiger charge is -2.36. The molecule has 0 bridgehead atoms. The molecule has 3 aromatic rings. The number of benzene rings is 3. The molecule has 5 rings (SSSR count). The Kier molecular flexibility index (Phi) is 7.41. The average Bonchev–Trinajstić information content (AvgIpc) is 3.29. The smallest absolute Gasteiger partial charge is 0.379 e. The van der Waals surface area contributed by atoms with Gasteiger partial charge in [0.25, 0.3) is 5.91 Å². The van der Waals surface area contributed by atoms with E-state index in [4.69, 9.17) is 4.18 Å². The zero-order valence-electron chi connectivity index (χ0n) is 20.3. The van der Waals surface area contributed by atoms with Crippen molar-refractivity contribution in [3.63, 3.8) is 0 Å².